The fourth-order valence-corrected chi connectivity index (χ4v) is 2.24. The number of aryl methyl sites for hydroxylation is 1. The van der Waals surface area contributed by atoms with E-state index in [0.717, 1.165) is 44.3 Å². The van der Waals surface area contributed by atoms with E-state index in [1.807, 2.05) is 4.68 Å². The van der Waals surface area contributed by atoms with Gasteiger partial charge in [-0.15, -0.1) is 5.10 Å². The number of piperidine rings is 1. The van der Waals surface area contributed by atoms with Crippen LogP contribution in [0.1, 0.15) is 38.4 Å². The number of rotatable bonds is 5. The van der Waals surface area contributed by atoms with E-state index in [1.165, 1.54) is 12.8 Å². The van der Waals surface area contributed by atoms with E-state index in [1.54, 1.807) is 0 Å². The SMILES string of the molecule is CC1CCN(Cc2nnnn2CCCC#N)CC1. The number of hydrogen-bond donors (Lipinski definition) is 0. The molecule has 1 aliphatic rings. The van der Waals surface area contributed by atoms with Crippen molar-refractivity contribution in [2.24, 2.45) is 5.92 Å². The maximum atomic E-state index is 8.53. The minimum absolute atomic E-state index is 0.556. The molecule has 0 saturated carbocycles. The standard InChI is InChI=1S/C12H20N6/c1-11-4-8-17(9-5-11)10-12-14-15-16-18(12)7-3-2-6-13/h11H,2-5,7-10H2,1H3. The molecule has 1 aromatic heterocycles. The lowest BCUT2D eigenvalue weighted by Gasteiger charge is -2.29. The predicted molar refractivity (Wildman–Crippen MR) is 66.3 cm³/mol. The van der Waals surface area contributed by atoms with Crippen LogP contribution in [-0.4, -0.2) is 38.2 Å². The van der Waals surface area contributed by atoms with Crippen molar-refractivity contribution in [1.82, 2.24) is 25.1 Å². The zero-order valence-electron chi connectivity index (χ0n) is 10.9. The van der Waals surface area contributed by atoms with Gasteiger partial charge < -0.3 is 0 Å². The molecule has 6 heteroatoms. The van der Waals surface area contributed by atoms with Crippen LogP contribution in [0.5, 0.6) is 0 Å². The van der Waals surface area contributed by atoms with Crippen molar-refractivity contribution in [1.29, 1.82) is 5.26 Å². The highest BCUT2D eigenvalue weighted by molar-refractivity contribution is 4.83. The van der Waals surface area contributed by atoms with E-state index in [-0.39, 0.29) is 0 Å². The molecule has 1 fully saturated rings. The molecule has 0 radical (unpaired) electrons. The van der Waals surface area contributed by atoms with Crippen molar-refractivity contribution in [2.45, 2.75) is 45.7 Å². The topological polar surface area (TPSA) is 70.6 Å². The van der Waals surface area contributed by atoms with Crippen LogP contribution in [0.3, 0.4) is 0 Å². The number of unbranched alkanes of at least 4 members (excludes halogenated alkanes) is 1. The lowest BCUT2D eigenvalue weighted by atomic mass is 9.99. The minimum atomic E-state index is 0.556. The minimum Gasteiger partial charge on any atom is -0.296 e. The molecule has 2 rings (SSSR count). The highest BCUT2D eigenvalue weighted by atomic mass is 15.5. The normalized spacial score (nSPS) is 17.8. The summed E-state index contributed by atoms with van der Waals surface area (Å²) < 4.78 is 1.83. The molecule has 1 aliphatic heterocycles. The second-order valence-electron chi connectivity index (χ2n) is 5.04. The van der Waals surface area contributed by atoms with Gasteiger partial charge in [0.2, 0.25) is 0 Å². The Labute approximate surface area is 108 Å². The average molecular weight is 248 g/mol. The van der Waals surface area contributed by atoms with E-state index in [0.29, 0.717) is 6.42 Å². The van der Waals surface area contributed by atoms with Crippen molar-refractivity contribution < 1.29 is 0 Å². The van der Waals surface area contributed by atoms with Gasteiger partial charge in [0, 0.05) is 13.0 Å². The van der Waals surface area contributed by atoms with E-state index in [4.69, 9.17) is 5.26 Å². The summed E-state index contributed by atoms with van der Waals surface area (Å²) in [5, 5.41) is 20.3. The van der Waals surface area contributed by atoms with Gasteiger partial charge in [0.05, 0.1) is 12.6 Å². The van der Waals surface area contributed by atoms with Crippen LogP contribution in [0.4, 0.5) is 0 Å². The summed E-state index contributed by atoms with van der Waals surface area (Å²) in [6, 6.07) is 2.14. The van der Waals surface area contributed by atoms with Crippen LogP contribution < -0.4 is 0 Å². The Morgan fingerprint density at radius 1 is 1.39 bits per heavy atom. The van der Waals surface area contributed by atoms with Crippen molar-refractivity contribution in [2.75, 3.05) is 13.1 Å². The summed E-state index contributed by atoms with van der Waals surface area (Å²) in [6.45, 7) is 6.13. The van der Waals surface area contributed by atoms with E-state index in [2.05, 4.69) is 33.4 Å². The third-order valence-corrected chi connectivity index (χ3v) is 3.51. The molecule has 2 heterocycles. The molecule has 0 N–H and O–H groups in total. The monoisotopic (exact) mass is 248 g/mol. The lowest BCUT2D eigenvalue weighted by molar-refractivity contribution is 0.178. The van der Waals surface area contributed by atoms with Crippen molar-refractivity contribution in [3.63, 3.8) is 0 Å². The van der Waals surface area contributed by atoms with Gasteiger partial charge >= 0.3 is 0 Å². The Balaban J connectivity index is 1.85. The van der Waals surface area contributed by atoms with Crippen molar-refractivity contribution in [3.05, 3.63) is 5.82 Å². The summed E-state index contributed by atoms with van der Waals surface area (Å²) in [4.78, 5) is 2.41. The van der Waals surface area contributed by atoms with E-state index >= 15 is 0 Å². The molecule has 18 heavy (non-hydrogen) atoms. The maximum Gasteiger partial charge on any atom is 0.165 e. The predicted octanol–water partition coefficient (Wildman–Crippen LogP) is 1.21. The molecule has 0 unspecified atom stereocenters. The number of nitrogens with zero attached hydrogens (tertiary/aromatic N) is 6. The largest absolute Gasteiger partial charge is 0.296 e. The van der Waals surface area contributed by atoms with Gasteiger partial charge in [-0.2, -0.15) is 5.26 Å². The third-order valence-electron chi connectivity index (χ3n) is 3.51. The third kappa shape index (κ3) is 3.50. The molecule has 0 spiro atoms. The number of likely N-dealkylation sites (tertiary alicyclic amines) is 1. The highest BCUT2D eigenvalue weighted by Gasteiger charge is 2.18. The Bertz CT molecular complexity index is 399. The Morgan fingerprint density at radius 2 is 2.17 bits per heavy atom. The van der Waals surface area contributed by atoms with Gasteiger partial charge in [0.1, 0.15) is 0 Å². The summed E-state index contributed by atoms with van der Waals surface area (Å²) in [5.74, 6) is 1.76. The molecule has 0 bridgehead atoms. The molecule has 0 atom stereocenters. The molecule has 1 aromatic rings. The van der Waals surface area contributed by atoms with Crippen molar-refractivity contribution in [3.8, 4) is 6.07 Å². The van der Waals surface area contributed by atoms with Crippen LogP contribution in [0.2, 0.25) is 0 Å². The number of aromatic nitrogens is 4. The van der Waals surface area contributed by atoms with Gasteiger partial charge in [0.15, 0.2) is 5.82 Å². The Morgan fingerprint density at radius 3 is 2.89 bits per heavy atom. The van der Waals surface area contributed by atoms with Crippen LogP contribution in [0, 0.1) is 17.2 Å². The summed E-state index contributed by atoms with van der Waals surface area (Å²) in [5.41, 5.74) is 0. The first kappa shape index (κ1) is 13.0. The molecule has 1 saturated heterocycles. The highest BCUT2D eigenvalue weighted by Crippen LogP contribution is 2.17. The Hall–Kier alpha value is -1.48. The first-order valence-corrected chi connectivity index (χ1v) is 6.64. The molecule has 0 aliphatic carbocycles. The van der Waals surface area contributed by atoms with Crippen LogP contribution >= 0.6 is 0 Å². The quantitative estimate of drug-likeness (QED) is 0.732. The van der Waals surface area contributed by atoms with Crippen LogP contribution in [-0.2, 0) is 13.1 Å². The fourth-order valence-electron chi connectivity index (χ4n) is 2.24. The van der Waals surface area contributed by atoms with Crippen molar-refractivity contribution >= 4 is 0 Å². The number of nitriles is 1. The van der Waals surface area contributed by atoms with Gasteiger partial charge in [-0.3, -0.25) is 4.90 Å². The number of hydrogen-bond acceptors (Lipinski definition) is 5. The van der Waals surface area contributed by atoms with Crippen LogP contribution in [0.15, 0.2) is 0 Å². The summed E-state index contributed by atoms with van der Waals surface area (Å²) in [6.07, 6.45) is 3.89. The zero-order valence-corrected chi connectivity index (χ0v) is 10.9. The molecule has 6 nitrogen and oxygen atoms in total. The fraction of sp³-hybridized carbons (Fsp3) is 0.833. The van der Waals surface area contributed by atoms with E-state index in [9.17, 15) is 0 Å². The van der Waals surface area contributed by atoms with Gasteiger partial charge in [0.25, 0.3) is 0 Å². The van der Waals surface area contributed by atoms with E-state index < -0.39 is 0 Å². The molecule has 98 valence electrons. The summed E-state index contributed by atoms with van der Waals surface area (Å²) >= 11 is 0. The van der Waals surface area contributed by atoms with Gasteiger partial charge in [-0.1, -0.05) is 6.92 Å². The van der Waals surface area contributed by atoms with Gasteiger partial charge in [-0.05, 0) is 48.7 Å². The Kier molecular flexibility index (Phi) is 4.65. The summed E-state index contributed by atoms with van der Waals surface area (Å²) in [7, 11) is 0. The maximum absolute atomic E-state index is 8.53. The smallest absolute Gasteiger partial charge is 0.165 e. The molecular weight excluding hydrogens is 228 g/mol. The zero-order chi connectivity index (χ0) is 12.8. The van der Waals surface area contributed by atoms with Gasteiger partial charge in [-0.25, -0.2) is 4.68 Å². The lowest BCUT2D eigenvalue weighted by Crippen LogP contribution is -2.33. The number of tetrazole rings is 1. The first-order chi connectivity index (χ1) is 8.79. The molecule has 0 aromatic carbocycles. The van der Waals surface area contributed by atoms with Crippen LogP contribution in [0.25, 0.3) is 0 Å². The second kappa shape index (κ2) is 6.45. The average Bonchev–Trinajstić information content (AvgIpc) is 2.80. The first-order valence-electron chi connectivity index (χ1n) is 6.64. The second-order valence-corrected chi connectivity index (χ2v) is 5.04. The molecule has 0 amide bonds. The molecular formula is C12H20N6.